The zero-order chi connectivity index (χ0) is 38.5. The number of rotatable bonds is 20. The van der Waals surface area contributed by atoms with Crippen molar-refractivity contribution in [2.24, 2.45) is 23.3 Å². The number of Topliss-reactive ketones (excluding diaryl/α,β-unsaturated/α-hetero) is 1. The first-order valence-electron chi connectivity index (χ1n) is 19.9. The summed E-state index contributed by atoms with van der Waals surface area (Å²) < 4.78 is 0. The van der Waals surface area contributed by atoms with Crippen LogP contribution < -0.4 is 22.1 Å². The average molecular weight is 737 g/mol. The number of hydrogen-bond donors (Lipinski definition) is 4. The summed E-state index contributed by atoms with van der Waals surface area (Å²) in [5, 5.41) is 6.06. The van der Waals surface area contributed by atoms with E-state index in [1.54, 1.807) is 0 Å². The molecule has 3 saturated heterocycles. The lowest BCUT2D eigenvalue weighted by Crippen LogP contribution is -2.66. The zero-order valence-electron chi connectivity index (χ0n) is 32.1. The SMILES string of the molecule is CC(C)CC(CC(=O)C(Cc1ccccc1)NC(=O)C(N)Cc1ccccc1)C(=O)NC(CCCCN)C(=O)N1CC2CCC1CN2Cc1ccccc1. The van der Waals surface area contributed by atoms with Gasteiger partial charge < -0.3 is 27.0 Å². The van der Waals surface area contributed by atoms with Gasteiger partial charge in [0, 0.05) is 44.1 Å². The molecule has 6 N–H and O–H groups in total. The molecule has 0 saturated carbocycles. The van der Waals surface area contributed by atoms with E-state index in [-0.39, 0.29) is 48.4 Å². The number of amides is 3. The van der Waals surface area contributed by atoms with Gasteiger partial charge >= 0.3 is 0 Å². The molecule has 2 bridgehead atoms. The van der Waals surface area contributed by atoms with Gasteiger partial charge in [-0.15, -0.1) is 0 Å². The molecule has 6 rings (SSSR count). The number of nitrogens with one attached hydrogen (secondary N) is 2. The fourth-order valence-corrected chi connectivity index (χ4v) is 8.01. The molecule has 3 fully saturated rings. The van der Waals surface area contributed by atoms with Crippen LogP contribution in [0.1, 0.15) is 75.5 Å². The standard InChI is InChI=1S/C44H60N6O4/c1-31(2)24-35(27-41(51)40(26-33-16-8-4-9-17-33)48-43(53)38(46)25-32-14-6-3-7-15-32)42(52)47-39(20-12-13-23-45)44(54)50-30-36-21-22-37(50)29-49(36)28-34-18-10-5-11-19-34/h3-11,14-19,31,35-40H,12-13,20-30,45-46H2,1-2H3,(H,47,52)(H,48,53). The maximum absolute atomic E-state index is 14.3. The molecule has 0 aliphatic carbocycles. The Bertz CT molecular complexity index is 1640. The Kier molecular flexibility index (Phi) is 15.4. The third-order valence-corrected chi connectivity index (χ3v) is 10.9. The zero-order valence-corrected chi connectivity index (χ0v) is 32.1. The summed E-state index contributed by atoms with van der Waals surface area (Å²) >= 11 is 0. The van der Waals surface area contributed by atoms with Gasteiger partial charge in [0.25, 0.3) is 0 Å². The highest BCUT2D eigenvalue weighted by Crippen LogP contribution is 2.31. The van der Waals surface area contributed by atoms with E-state index in [0.29, 0.717) is 38.8 Å². The van der Waals surface area contributed by atoms with Crippen LogP contribution in [0, 0.1) is 11.8 Å². The number of ketones is 1. The maximum Gasteiger partial charge on any atom is 0.245 e. The molecule has 10 heteroatoms. The van der Waals surface area contributed by atoms with Crippen LogP contribution in [0.3, 0.4) is 0 Å². The lowest BCUT2D eigenvalue weighted by atomic mass is 9.87. The minimum atomic E-state index is -0.867. The monoisotopic (exact) mass is 736 g/mol. The second-order valence-corrected chi connectivity index (χ2v) is 15.7. The number of nitrogens with two attached hydrogens (primary N) is 2. The summed E-state index contributed by atoms with van der Waals surface area (Å²) in [4.78, 5) is 60.5. The van der Waals surface area contributed by atoms with E-state index in [4.69, 9.17) is 11.5 Å². The highest BCUT2D eigenvalue weighted by Gasteiger charge is 2.43. The molecule has 3 aromatic rings. The number of carbonyl (C=O) groups excluding carboxylic acids is 4. The Labute approximate surface area is 321 Å². The molecular formula is C44H60N6O4. The van der Waals surface area contributed by atoms with Crippen molar-refractivity contribution in [1.82, 2.24) is 20.4 Å². The fourth-order valence-electron chi connectivity index (χ4n) is 8.01. The number of nitrogens with zero attached hydrogens (tertiary/aromatic N) is 2. The summed E-state index contributed by atoms with van der Waals surface area (Å²) in [6.07, 6.45) is 4.93. The van der Waals surface area contributed by atoms with Crippen molar-refractivity contribution in [3.8, 4) is 0 Å². The van der Waals surface area contributed by atoms with Crippen molar-refractivity contribution >= 4 is 23.5 Å². The lowest BCUT2D eigenvalue weighted by Gasteiger charge is -2.52. The van der Waals surface area contributed by atoms with Gasteiger partial charge in [-0.1, -0.05) is 105 Å². The smallest absolute Gasteiger partial charge is 0.245 e. The molecule has 290 valence electrons. The van der Waals surface area contributed by atoms with Crippen molar-refractivity contribution in [3.63, 3.8) is 0 Å². The highest BCUT2D eigenvalue weighted by atomic mass is 16.2. The van der Waals surface area contributed by atoms with Crippen LogP contribution in [0.15, 0.2) is 91.0 Å². The molecule has 0 aromatic heterocycles. The Morgan fingerprint density at radius 3 is 1.87 bits per heavy atom. The van der Waals surface area contributed by atoms with Crippen molar-refractivity contribution in [1.29, 1.82) is 0 Å². The van der Waals surface area contributed by atoms with Crippen LogP contribution in [0.4, 0.5) is 0 Å². The van der Waals surface area contributed by atoms with E-state index in [9.17, 15) is 19.2 Å². The number of benzene rings is 3. The minimum absolute atomic E-state index is 0.0503. The van der Waals surface area contributed by atoms with Crippen LogP contribution in [0.25, 0.3) is 0 Å². The second kappa shape index (κ2) is 20.3. The third kappa shape index (κ3) is 11.8. The molecule has 3 heterocycles. The van der Waals surface area contributed by atoms with Crippen LogP contribution in [-0.4, -0.2) is 83.1 Å². The van der Waals surface area contributed by atoms with Crippen molar-refractivity contribution < 1.29 is 19.2 Å². The first-order chi connectivity index (χ1) is 26.1. The maximum atomic E-state index is 14.3. The van der Waals surface area contributed by atoms with Gasteiger partial charge in [-0.3, -0.25) is 24.1 Å². The topological polar surface area (TPSA) is 151 Å². The predicted octanol–water partition coefficient (Wildman–Crippen LogP) is 4.39. The fraction of sp³-hybridized carbons (Fsp3) is 0.500. The summed E-state index contributed by atoms with van der Waals surface area (Å²) in [5.74, 6) is -1.56. The quantitative estimate of drug-likeness (QED) is 0.126. The minimum Gasteiger partial charge on any atom is -0.345 e. The first kappa shape index (κ1) is 40.8. The number of fused-ring (bicyclic) bond motifs is 3. The summed E-state index contributed by atoms with van der Waals surface area (Å²) in [6.45, 7) is 6.85. The molecule has 3 aromatic carbocycles. The van der Waals surface area contributed by atoms with Crippen LogP contribution >= 0.6 is 0 Å². The number of hydrogen-bond acceptors (Lipinski definition) is 7. The molecule has 0 spiro atoms. The van der Waals surface area contributed by atoms with Gasteiger partial charge in [0.1, 0.15) is 6.04 Å². The van der Waals surface area contributed by atoms with Gasteiger partial charge in [0.15, 0.2) is 5.78 Å². The van der Waals surface area contributed by atoms with Crippen molar-refractivity contribution in [3.05, 3.63) is 108 Å². The van der Waals surface area contributed by atoms with Crippen LogP contribution in [-0.2, 0) is 38.6 Å². The molecule has 3 aliphatic rings. The molecule has 3 aliphatic heterocycles. The molecule has 3 amide bonds. The van der Waals surface area contributed by atoms with E-state index in [2.05, 4.69) is 39.8 Å². The second-order valence-electron chi connectivity index (χ2n) is 15.7. The summed E-state index contributed by atoms with van der Waals surface area (Å²) in [7, 11) is 0. The van der Waals surface area contributed by atoms with Gasteiger partial charge in [-0.05, 0) is 80.5 Å². The Morgan fingerprint density at radius 2 is 1.30 bits per heavy atom. The number of carbonyl (C=O) groups is 4. The highest BCUT2D eigenvalue weighted by molar-refractivity contribution is 5.95. The summed E-state index contributed by atoms with van der Waals surface area (Å²) in [6, 6.07) is 27.4. The number of piperidine rings is 2. The van der Waals surface area contributed by atoms with E-state index in [0.717, 1.165) is 43.5 Å². The third-order valence-electron chi connectivity index (χ3n) is 10.9. The van der Waals surface area contributed by atoms with E-state index in [1.165, 1.54) is 5.56 Å². The first-order valence-corrected chi connectivity index (χ1v) is 19.9. The predicted molar refractivity (Wildman–Crippen MR) is 213 cm³/mol. The molecule has 0 radical (unpaired) electrons. The number of piperazine rings is 1. The summed E-state index contributed by atoms with van der Waals surface area (Å²) in [5.41, 5.74) is 15.2. The van der Waals surface area contributed by atoms with Gasteiger partial charge in [0.05, 0.1) is 12.1 Å². The molecule has 54 heavy (non-hydrogen) atoms. The Balaban J connectivity index is 1.28. The number of unbranched alkanes of at least 4 members (excludes halogenated alkanes) is 1. The van der Waals surface area contributed by atoms with Gasteiger partial charge in [-0.2, -0.15) is 0 Å². The van der Waals surface area contributed by atoms with Gasteiger partial charge in [0.2, 0.25) is 17.7 Å². The largest absolute Gasteiger partial charge is 0.345 e. The van der Waals surface area contributed by atoms with Crippen LogP contribution in [0.2, 0.25) is 0 Å². The average Bonchev–Trinajstić information content (AvgIpc) is 3.18. The van der Waals surface area contributed by atoms with Crippen LogP contribution in [0.5, 0.6) is 0 Å². The van der Waals surface area contributed by atoms with Crippen molar-refractivity contribution in [2.75, 3.05) is 19.6 Å². The van der Waals surface area contributed by atoms with E-state index in [1.807, 2.05) is 85.5 Å². The molecular weight excluding hydrogens is 677 g/mol. The van der Waals surface area contributed by atoms with Crippen molar-refractivity contribution in [2.45, 2.75) is 108 Å². The lowest BCUT2D eigenvalue weighted by molar-refractivity contribution is -0.147. The van der Waals surface area contributed by atoms with E-state index >= 15 is 0 Å². The molecule has 6 unspecified atom stereocenters. The Morgan fingerprint density at radius 1 is 0.722 bits per heavy atom. The molecule has 10 nitrogen and oxygen atoms in total. The normalized spacial score (nSPS) is 19.2. The molecule has 6 atom stereocenters. The van der Waals surface area contributed by atoms with E-state index < -0.39 is 30.0 Å². The Hall–Kier alpha value is -4.38. The van der Waals surface area contributed by atoms with Gasteiger partial charge in [-0.25, -0.2) is 0 Å².